The Kier molecular flexibility index (Phi) is 9.98. The van der Waals surface area contributed by atoms with Crippen LogP contribution in [-0.2, 0) is 24.4 Å². The molecule has 14 nitrogen and oxygen atoms in total. The Bertz CT molecular complexity index is 1700. The van der Waals surface area contributed by atoms with Crippen molar-refractivity contribution in [2.75, 3.05) is 6.54 Å². The van der Waals surface area contributed by atoms with Crippen molar-refractivity contribution >= 4 is 45.2 Å². The summed E-state index contributed by atoms with van der Waals surface area (Å²) in [6.07, 6.45) is 8.78. The maximum absolute atomic E-state index is 14.3. The van der Waals surface area contributed by atoms with Crippen molar-refractivity contribution in [3.63, 3.8) is 0 Å². The minimum Gasteiger partial charge on any atom is -0.472 e. The summed E-state index contributed by atoms with van der Waals surface area (Å²) in [5, 5.41) is 17.1. The van der Waals surface area contributed by atoms with Crippen LogP contribution in [0.2, 0.25) is 0 Å². The molecule has 2 aliphatic carbocycles. The molecule has 4 aliphatic rings. The average molecular weight is 715 g/mol. The van der Waals surface area contributed by atoms with Gasteiger partial charge in [-0.25, -0.2) is 23.2 Å². The smallest absolute Gasteiger partial charge is 0.405 e. The maximum atomic E-state index is 14.3. The van der Waals surface area contributed by atoms with Crippen LogP contribution >= 0.6 is 11.3 Å². The number of rotatable bonds is 8. The molecule has 0 unspecified atom stereocenters. The highest BCUT2D eigenvalue weighted by molar-refractivity contribution is 7.91. The molecule has 4 heterocycles. The highest BCUT2D eigenvalue weighted by atomic mass is 32.2. The second-order valence-electron chi connectivity index (χ2n) is 13.6. The predicted molar refractivity (Wildman–Crippen MR) is 180 cm³/mol. The summed E-state index contributed by atoms with van der Waals surface area (Å²) in [6.45, 7) is 3.92. The van der Waals surface area contributed by atoms with E-state index < -0.39 is 68.7 Å². The van der Waals surface area contributed by atoms with Gasteiger partial charge in [0.1, 0.15) is 28.7 Å². The van der Waals surface area contributed by atoms with Crippen molar-refractivity contribution in [2.24, 2.45) is 17.8 Å². The van der Waals surface area contributed by atoms with Crippen LogP contribution in [0.1, 0.15) is 65.2 Å². The van der Waals surface area contributed by atoms with Gasteiger partial charge >= 0.3 is 6.09 Å². The van der Waals surface area contributed by atoms with Gasteiger partial charge in [-0.1, -0.05) is 32.4 Å². The van der Waals surface area contributed by atoms with Gasteiger partial charge in [-0.05, 0) is 56.4 Å². The number of ether oxygens (including phenoxy) is 1. The number of pyridine rings is 1. The molecule has 2 saturated carbocycles. The summed E-state index contributed by atoms with van der Waals surface area (Å²) in [6, 6.07) is 1.25. The van der Waals surface area contributed by atoms with E-state index in [9.17, 15) is 32.7 Å². The fourth-order valence-corrected chi connectivity index (χ4v) is 8.96. The quantitative estimate of drug-likeness (QED) is 0.295. The molecule has 6 rings (SSSR count). The molecule has 2 aromatic heterocycles. The minimum absolute atomic E-state index is 0.0325. The highest BCUT2D eigenvalue weighted by Crippen LogP contribution is 2.46. The van der Waals surface area contributed by atoms with Gasteiger partial charge in [-0.3, -0.25) is 19.1 Å². The Morgan fingerprint density at radius 3 is 2.63 bits per heavy atom. The lowest BCUT2D eigenvalue weighted by Crippen LogP contribution is -2.59. The summed E-state index contributed by atoms with van der Waals surface area (Å²) in [4.78, 5) is 64.1. The average Bonchev–Trinajstić information content (AvgIpc) is 3.93. The van der Waals surface area contributed by atoms with Crippen molar-refractivity contribution in [1.29, 1.82) is 0 Å². The Labute approximate surface area is 289 Å². The zero-order chi connectivity index (χ0) is 34.9. The van der Waals surface area contributed by atoms with Crippen LogP contribution in [0.15, 0.2) is 42.1 Å². The molecule has 49 heavy (non-hydrogen) atoms. The number of thiazole rings is 1. The van der Waals surface area contributed by atoms with Crippen molar-refractivity contribution in [1.82, 2.24) is 30.2 Å². The number of hydrogen-bond acceptors (Lipinski definition) is 10. The number of carbonyl (C=O) groups excluding carboxylic acids is 3. The van der Waals surface area contributed by atoms with E-state index in [1.807, 2.05) is 30.5 Å². The maximum Gasteiger partial charge on any atom is 0.405 e. The lowest BCUT2D eigenvalue weighted by Gasteiger charge is -2.33. The number of carboxylic acid groups (broad SMARTS) is 1. The molecular formula is C33H42N6O8S2. The topological polar surface area (TPSA) is 197 Å². The largest absolute Gasteiger partial charge is 0.472 e. The number of sulfonamides is 1. The van der Waals surface area contributed by atoms with Crippen molar-refractivity contribution in [2.45, 2.75) is 94.2 Å². The van der Waals surface area contributed by atoms with Gasteiger partial charge in [0.05, 0.1) is 11.8 Å². The van der Waals surface area contributed by atoms with Crippen molar-refractivity contribution in [3.05, 3.63) is 42.1 Å². The number of aromatic nitrogens is 2. The van der Waals surface area contributed by atoms with Gasteiger partial charge < -0.3 is 25.4 Å². The van der Waals surface area contributed by atoms with Gasteiger partial charge in [0.25, 0.3) is 5.91 Å². The first-order chi connectivity index (χ1) is 23.4. The predicted octanol–water partition coefficient (Wildman–Crippen LogP) is 3.08. The summed E-state index contributed by atoms with van der Waals surface area (Å²) in [5.74, 6) is -2.37. The first kappa shape index (κ1) is 34.8. The molecule has 1 saturated heterocycles. The highest BCUT2D eigenvalue weighted by Gasteiger charge is 2.62. The fraction of sp³-hybridized carbons (Fsp3) is 0.576. The van der Waals surface area contributed by atoms with Crippen LogP contribution in [0, 0.1) is 17.8 Å². The van der Waals surface area contributed by atoms with Gasteiger partial charge in [0.15, 0.2) is 0 Å². The van der Waals surface area contributed by atoms with Crippen LogP contribution in [0.3, 0.4) is 0 Å². The van der Waals surface area contributed by atoms with Crippen molar-refractivity contribution < 1.29 is 37.4 Å². The van der Waals surface area contributed by atoms with Crippen LogP contribution in [0.4, 0.5) is 4.79 Å². The van der Waals surface area contributed by atoms with Gasteiger partial charge in [-0.15, -0.1) is 11.3 Å². The minimum atomic E-state index is -3.89. The SMILES string of the molecule is CC[C@@H]1C[C@H](C)CC/C=C\[C@@H]2C[C@@]2(C(=O)NS(=O)(=O)C2CC2)NC(=O)[C@@H]2C[C@@H](Oc3ccc(-c4nccs4)cn3)CN2C(=O)[C@H]1NC(=O)O. The molecule has 7 atom stereocenters. The molecular weight excluding hydrogens is 673 g/mol. The zero-order valence-electron chi connectivity index (χ0n) is 27.4. The second kappa shape index (κ2) is 14.1. The van der Waals surface area contributed by atoms with Gasteiger partial charge in [0, 0.05) is 41.7 Å². The van der Waals surface area contributed by atoms with E-state index >= 15 is 0 Å². The third-order valence-corrected chi connectivity index (χ3v) is 12.6. The molecule has 2 aromatic rings. The molecule has 4 N–H and O–H groups in total. The third-order valence-electron chi connectivity index (χ3n) is 9.96. The Morgan fingerprint density at radius 2 is 1.98 bits per heavy atom. The summed E-state index contributed by atoms with van der Waals surface area (Å²) in [5.41, 5.74) is -0.703. The van der Waals surface area contributed by atoms with E-state index in [2.05, 4.69) is 32.2 Å². The number of amides is 4. The lowest BCUT2D eigenvalue weighted by atomic mass is 9.85. The van der Waals surface area contributed by atoms with Crippen LogP contribution in [-0.4, -0.2) is 87.7 Å². The molecule has 264 valence electrons. The van der Waals surface area contributed by atoms with E-state index in [1.54, 1.807) is 18.5 Å². The molecule has 0 spiro atoms. The number of nitrogens with zero attached hydrogens (tertiary/aromatic N) is 3. The Morgan fingerprint density at radius 1 is 1.18 bits per heavy atom. The van der Waals surface area contributed by atoms with Gasteiger partial charge in [0.2, 0.25) is 27.7 Å². The molecule has 2 aliphatic heterocycles. The number of hydrogen-bond donors (Lipinski definition) is 4. The summed E-state index contributed by atoms with van der Waals surface area (Å²) < 4.78 is 33.9. The Hall–Kier alpha value is -4.05. The normalized spacial score (nSPS) is 31.3. The van der Waals surface area contributed by atoms with E-state index in [0.717, 1.165) is 17.0 Å². The van der Waals surface area contributed by atoms with E-state index in [0.29, 0.717) is 32.1 Å². The second-order valence-corrected chi connectivity index (χ2v) is 16.4. The third kappa shape index (κ3) is 7.74. The monoisotopic (exact) mass is 714 g/mol. The summed E-state index contributed by atoms with van der Waals surface area (Å²) in [7, 11) is -3.89. The Balaban J connectivity index is 1.30. The van der Waals surface area contributed by atoms with E-state index in [-0.39, 0.29) is 37.1 Å². The van der Waals surface area contributed by atoms with Crippen molar-refractivity contribution in [3.8, 4) is 16.5 Å². The number of allylic oxidation sites excluding steroid dienone is 1. The molecule has 4 amide bonds. The number of carbonyl (C=O) groups is 4. The standard InChI is InChI=1S/C33H42N6O8S2/c1-3-20-14-19(2)6-4-5-7-22-16-33(22,31(42)38-49(45,46)24-9-10-24)37-28(40)25-15-23(18-39(25)30(41)27(20)36-32(43)44)47-26-11-8-21(17-35-26)29-34-12-13-48-29/h5,7-8,11-13,17,19-20,22-25,27,36H,3-4,6,9-10,14-16,18H2,1-2H3,(H,37,40)(H,38,42)(H,43,44)/b7-5-/t19-,20-,22-,23-,25+,27+,33-/m1/s1. The first-order valence-corrected chi connectivity index (χ1v) is 19.2. The zero-order valence-corrected chi connectivity index (χ0v) is 29.0. The fourth-order valence-electron chi connectivity index (χ4n) is 6.96. The molecule has 3 fully saturated rings. The van der Waals surface area contributed by atoms with Gasteiger partial charge in [-0.2, -0.15) is 0 Å². The first-order valence-electron chi connectivity index (χ1n) is 16.8. The lowest BCUT2D eigenvalue weighted by molar-refractivity contribution is -0.142. The molecule has 16 heteroatoms. The summed E-state index contributed by atoms with van der Waals surface area (Å²) >= 11 is 1.47. The van der Waals surface area contributed by atoms with E-state index in [4.69, 9.17) is 4.74 Å². The van der Waals surface area contributed by atoms with E-state index in [1.165, 1.54) is 16.2 Å². The van der Waals surface area contributed by atoms with Crippen LogP contribution in [0.25, 0.3) is 10.6 Å². The number of fused-ring (bicyclic) bond motifs is 2. The van der Waals surface area contributed by atoms with Crippen LogP contribution in [0.5, 0.6) is 5.88 Å². The molecule has 0 bridgehead atoms. The molecule has 0 radical (unpaired) electrons. The number of nitrogens with one attached hydrogen (secondary N) is 3. The molecule has 0 aromatic carbocycles. The van der Waals surface area contributed by atoms with Crippen LogP contribution < -0.4 is 20.1 Å².